The minimum absolute atomic E-state index is 0.305. The highest BCUT2D eigenvalue weighted by molar-refractivity contribution is 6.32. The van der Waals surface area contributed by atoms with Gasteiger partial charge >= 0.3 is 0 Å². The zero-order chi connectivity index (χ0) is 18.6. The first-order valence-electron chi connectivity index (χ1n) is 7.82. The Morgan fingerprint density at radius 2 is 1.72 bits per heavy atom. The second kappa shape index (κ2) is 8.12. The molecular weight excluding hydrogens is 342 g/mol. The maximum absolute atomic E-state index is 12.5. The van der Waals surface area contributed by atoms with Crippen LogP contribution >= 0.6 is 11.6 Å². The molecule has 1 amide bonds. The van der Waals surface area contributed by atoms with Crippen molar-refractivity contribution < 1.29 is 19.0 Å². The van der Waals surface area contributed by atoms with E-state index in [0.29, 0.717) is 28.0 Å². The molecular formula is C19H22ClNO4. The second-order valence-electron chi connectivity index (χ2n) is 5.68. The number of hydrogen-bond acceptors (Lipinski definition) is 4. The second-order valence-corrected chi connectivity index (χ2v) is 6.09. The quantitative estimate of drug-likeness (QED) is 0.827. The van der Waals surface area contributed by atoms with Gasteiger partial charge in [0.1, 0.15) is 17.2 Å². The van der Waals surface area contributed by atoms with Crippen LogP contribution in [-0.4, -0.2) is 26.2 Å². The summed E-state index contributed by atoms with van der Waals surface area (Å²) in [6, 6.07) is 8.91. The van der Waals surface area contributed by atoms with Gasteiger partial charge in [-0.2, -0.15) is 0 Å². The molecule has 0 aliphatic carbocycles. The summed E-state index contributed by atoms with van der Waals surface area (Å²) >= 11 is 6.07. The highest BCUT2D eigenvalue weighted by atomic mass is 35.5. The molecule has 2 rings (SSSR count). The molecule has 0 saturated carbocycles. The van der Waals surface area contributed by atoms with Gasteiger partial charge in [0.25, 0.3) is 5.91 Å². The van der Waals surface area contributed by atoms with Crippen LogP contribution in [0.1, 0.15) is 18.1 Å². The average Bonchev–Trinajstić information content (AvgIpc) is 2.59. The molecule has 25 heavy (non-hydrogen) atoms. The Kier molecular flexibility index (Phi) is 6.15. The fourth-order valence-electron chi connectivity index (χ4n) is 2.24. The van der Waals surface area contributed by atoms with Gasteiger partial charge in [0, 0.05) is 12.1 Å². The maximum Gasteiger partial charge on any atom is 0.265 e. The van der Waals surface area contributed by atoms with Gasteiger partial charge in [0.05, 0.1) is 24.9 Å². The van der Waals surface area contributed by atoms with Crippen molar-refractivity contribution in [2.45, 2.75) is 26.9 Å². The first-order chi connectivity index (χ1) is 11.8. The highest BCUT2D eigenvalue weighted by Crippen LogP contribution is 2.36. The van der Waals surface area contributed by atoms with Gasteiger partial charge in [-0.05, 0) is 44.0 Å². The molecule has 2 aromatic carbocycles. The van der Waals surface area contributed by atoms with E-state index in [1.54, 1.807) is 19.1 Å². The topological polar surface area (TPSA) is 56.8 Å². The van der Waals surface area contributed by atoms with Crippen molar-refractivity contribution in [1.82, 2.24) is 0 Å². The Morgan fingerprint density at radius 3 is 2.32 bits per heavy atom. The van der Waals surface area contributed by atoms with E-state index in [0.717, 1.165) is 5.56 Å². The molecule has 0 radical (unpaired) electrons. The molecule has 0 spiro atoms. The Morgan fingerprint density at radius 1 is 1.04 bits per heavy atom. The number of halogens is 1. The highest BCUT2D eigenvalue weighted by Gasteiger charge is 2.18. The minimum Gasteiger partial charge on any atom is -0.495 e. The minimum atomic E-state index is -0.687. The summed E-state index contributed by atoms with van der Waals surface area (Å²) in [4.78, 5) is 12.5. The molecule has 2 aromatic rings. The summed E-state index contributed by atoms with van der Waals surface area (Å²) in [6.45, 7) is 5.71. The van der Waals surface area contributed by atoms with Crippen molar-refractivity contribution in [2.24, 2.45) is 0 Å². The number of methoxy groups -OCH3 is 2. The molecule has 1 N–H and O–H groups in total. The van der Waals surface area contributed by atoms with E-state index in [9.17, 15) is 4.79 Å². The van der Waals surface area contributed by atoms with Crippen molar-refractivity contribution in [3.8, 4) is 17.2 Å². The van der Waals surface area contributed by atoms with E-state index in [1.807, 2.05) is 32.0 Å². The number of carbonyl (C=O) groups is 1. The summed E-state index contributed by atoms with van der Waals surface area (Å²) in [5, 5.41) is 3.18. The molecule has 5 nitrogen and oxygen atoms in total. The standard InChI is InChI=1S/C19H22ClNO4/c1-11-6-7-14(8-12(11)2)25-13(3)19(22)21-16-10-17(23-4)15(20)9-18(16)24-5/h6-10,13H,1-5H3,(H,21,22)/t13-/m0/s1. The van der Waals surface area contributed by atoms with Crippen molar-refractivity contribution in [3.05, 3.63) is 46.5 Å². The first-order valence-corrected chi connectivity index (χ1v) is 8.19. The number of benzene rings is 2. The number of amides is 1. The van der Waals surface area contributed by atoms with Crippen LogP contribution in [0, 0.1) is 13.8 Å². The Hall–Kier alpha value is -2.40. The van der Waals surface area contributed by atoms with Gasteiger partial charge in [0.2, 0.25) is 0 Å². The van der Waals surface area contributed by atoms with Crippen LogP contribution in [0.5, 0.6) is 17.2 Å². The molecule has 0 heterocycles. The molecule has 1 atom stereocenters. The average molecular weight is 364 g/mol. The van der Waals surface area contributed by atoms with Gasteiger partial charge < -0.3 is 19.5 Å². The summed E-state index contributed by atoms with van der Waals surface area (Å²) in [6.07, 6.45) is -0.687. The number of carbonyl (C=O) groups excluding carboxylic acids is 1. The molecule has 0 bridgehead atoms. The molecule has 134 valence electrons. The summed E-state index contributed by atoms with van der Waals surface area (Å²) < 4.78 is 16.2. The Labute approximate surface area is 152 Å². The lowest BCUT2D eigenvalue weighted by Crippen LogP contribution is -2.30. The summed E-state index contributed by atoms with van der Waals surface area (Å²) in [5.74, 6) is 1.23. The zero-order valence-electron chi connectivity index (χ0n) is 15.0. The van der Waals surface area contributed by atoms with E-state index in [1.165, 1.54) is 19.8 Å². The van der Waals surface area contributed by atoms with Crippen molar-refractivity contribution in [2.75, 3.05) is 19.5 Å². The van der Waals surface area contributed by atoms with E-state index in [-0.39, 0.29) is 5.91 Å². The molecule has 0 fully saturated rings. The first kappa shape index (κ1) is 18.9. The normalized spacial score (nSPS) is 11.6. The van der Waals surface area contributed by atoms with E-state index in [4.69, 9.17) is 25.8 Å². The van der Waals surface area contributed by atoms with Gasteiger partial charge in [-0.25, -0.2) is 0 Å². The molecule has 0 aliphatic heterocycles. The Bertz CT molecular complexity index is 776. The van der Waals surface area contributed by atoms with Crippen LogP contribution < -0.4 is 19.5 Å². The van der Waals surface area contributed by atoms with Gasteiger partial charge in [-0.15, -0.1) is 0 Å². The van der Waals surface area contributed by atoms with Crippen LogP contribution in [0.25, 0.3) is 0 Å². The molecule has 6 heteroatoms. The molecule has 0 aromatic heterocycles. The predicted octanol–water partition coefficient (Wildman–Crippen LogP) is 4.38. The fraction of sp³-hybridized carbons (Fsp3) is 0.316. The van der Waals surface area contributed by atoms with Crippen LogP contribution in [0.15, 0.2) is 30.3 Å². The lowest BCUT2D eigenvalue weighted by Gasteiger charge is -2.17. The molecule has 0 unspecified atom stereocenters. The fourth-order valence-corrected chi connectivity index (χ4v) is 2.47. The van der Waals surface area contributed by atoms with Crippen LogP contribution in [0.2, 0.25) is 5.02 Å². The molecule has 0 aliphatic rings. The number of hydrogen-bond donors (Lipinski definition) is 1. The van der Waals surface area contributed by atoms with E-state index in [2.05, 4.69) is 5.32 Å². The largest absolute Gasteiger partial charge is 0.495 e. The van der Waals surface area contributed by atoms with Crippen LogP contribution in [0.3, 0.4) is 0 Å². The zero-order valence-corrected chi connectivity index (χ0v) is 15.7. The number of anilines is 1. The number of nitrogens with one attached hydrogen (secondary N) is 1. The van der Waals surface area contributed by atoms with Crippen LogP contribution in [0.4, 0.5) is 5.69 Å². The van der Waals surface area contributed by atoms with Gasteiger partial charge in [-0.3, -0.25) is 4.79 Å². The number of rotatable bonds is 6. The van der Waals surface area contributed by atoms with Gasteiger partial charge in [-0.1, -0.05) is 17.7 Å². The van der Waals surface area contributed by atoms with Crippen molar-refractivity contribution in [3.63, 3.8) is 0 Å². The number of aryl methyl sites for hydroxylation is 2. The summed E-state index contributed by atoms with van der Waals surface area (Å²) in [5.41, 5.74) is 2.74. The third-order valence-corrected chi connectivity index (χ3v) is 4.19. The van der Waals surface area contributed by atoms with Gasteiger partial charge in [0.15, 0.2) is 6.10 Å². The lowest BCUT2D eigenvalue weighted by atomic mass is 10.1. The molecule has 0 saturated heterocycles. The monoisotopic (exact) mass is 363 g/mol. The summed E-state index contributed by atoms with van der Waals surface area (Å²) in [7, 11) is 3.01. The van der Waals surface area contributed by atoms with E-state index >= 15 is 0 Å². The number of ether oxygens (including phenoxy) is 3. The smallest absolute Gasteiger partial charge is 0.265 e. The Balaban J connectivity index is 2.14. The van der Waals surface area contributed by atoms with Crippen molar-refractivity contribution in [1.29, 1.82) is 0 Å². The predicted molar refractivity (Wildman–Crippen MR) is 99.2 cm³/mol. The van der Waals surface area contributed by atoms with Crippen LogP contribution in [-0.2, 0) is 4.79 Å². The van der Waals surface area contributed by atoms with Crippen molar-refractivity contribution >= 4 is 23.2 Å². The third kappa shape index (κ3) is 4.57. The maximum atomic E-state index is 12.5. The van der Waals surface area contributed by atoms with E-state index < -0.39 is 6.10 Å². The third-order valence-electron chi connectivity index (χ3n) is 3.89. The SMILES string of the molecule is COc1cc(NC(=O)[C@H](C)Oc2ccc(C)c(C)c2)c(OC)cc1Cl. The lowest BCUT2D eigenvalue weighted by molar-refractivity contribution is -0.122.